The summed E-state index contributed by atoms with van der Waals surface area (Å²) in [7, 11) is 1.94. The molecule has 0 saturated heterocycles. The van der Waals surface area contributed by atoms with Crippen molar-refractivity contribution in [1.82, 2.24) is 19.9 Å². The Morgan fingerprint density at radius 1 is 1.03 bits per heavy atom. The number of imidazole rings is 1. The molecule has 0 amide bonds. The Hall–Kier alpha value is -3.64. The lowest BCUT2D eigenvalue weighted by Crippen LogP contribution is -2.17. The first kappa shape index (κ1) is 18.4. The fourth-order valence-corrected chi connectivity index (χ4v) is 3.58. The first-order chi connectivity index (χ1) is 14.8. The minimum absolute atomic E-state index is 0.0956. The molecule has 5 rings (SSSR count). The molecule has 1 unspecified atom stereocenters. The molecule has 30 heavy (non-hydrogen) atoms. The first-order valence-electron chi connectivity index (χ1n) is 10.0. The standard InChI is InChI=1S/C24H22N4O2/c1-25-14-13-21(17-7-3-2-4-8-17)30-24-12-11-23-26-16-19(28(23)27-24)22-15-18-9-5-6-10-20(18)29-22/h2-12,15-16,21,25H,13-14H2,1H3. The molecule has 6 heteroatoms. The van der Waals surface area contributed by atoms with E-state index in [1.165, 1.54) is 0 Å². The molecule has 0 bridgehead atoms. The predicted molar refractivity (Wildman–Crippen MR) is 117 cm³/mol. The maximum Gasteiger partial charge on any atom is 0.232 e. The number of para-hydroxylation sites is 1. The van der Waals surface area contributed by atoms with E-state index in [9.17, 15) is 0 Å². The SMILES string of the molecule is CNCCC(Oc1ccc2ncc(-c3cc4ccccc4o3)n2n1)c1ccccc1. The molecule has 0 aliphatic heterocycles. The topological polar surface area (TPSA) is 64.6 Å². The average Bonchev–Trinajstić information content (AvgIpc) is 3.40. The van der Waals surface area contributed by atoms with Crippen molar-refractivity contribution in [2.45, 2.75) is 12.5 Å². The molecule has 0 fully saturated rings. The number of hydrogen-bond donors (Lipinski definition) is 1. The maximum absolute atomic E-state index is 6.30. The minimum atomic E-state index is -0.0956. The van der Waals surface area contributed by atoms with Crippen LogP contribution in [0.2, 0.25) is 0 Å². The molecule has 0 spiro atoms. The van der Waals surface area contributed by atoms with E-state index < -0.39 is 0 Å². The van der Waals surface area contributed by atoms with Crippen molar-refractivity contribution in [3.05, 3.63) is 84.6 Å². The second-order valence-electron chi connectivity index (χ2n) is 7.14. The van der Waals surface area contributed by atoms with Crippen molar-refractivity contribution in [1.29, 1.82) is 0 Å². The van der Waals surface area contributed by atoms with Gasteiger partial charge in [-0.2, -0.15) is 0 Å². The monoisotopic (exact) mass is 398 g/mol. The van der Waals surface area contributed by atoms with E-state index in [0.29, 0.717) is 5.88 Å². The fraction of sp³-hybridized carbons (Fsp3) is 0.167. The molecule has 5 aromatic rings. The van der Waals surface area contributed by atoms with Gasteiger partial charge < -0.3 is 14.5 Å². The van der Waals surface area contributed by atoms with Gasteiger partial charge >= 0.3 is 0 Å². The Morgan fingerprint density at radius 2 is 1.87 bits per heavy atom. The van der Waals surface area contributed by atoms with Gasteiger partial charge in [-0.25, -0.2) is 9.50 Å². The van der Waals surface area contributed by atoms with E-state index >= 15 is 0 Å². The van der Waals surface area contributed by atoms with E-state index in [1.807, 2.05) is 67.7 Å². The second kappa shape index (κ2) is 8.00. The third-order valence-corrected chi connectivity index (χ3v) is 5.11. The zero-order valence-electron chi connectivity index (χ0n) is 16.7. The molecular weight excluding hydrogens is 376 g/mol. The van der Waals surface area contributed by atoms with E-state index in [2.05, 4.69) is 22.4 Å². The van der Waals surface area contributed by atoms with Gasteiger partial charge in [-0.1, -0.05) is 48.5 Å². The molecule has 150 valence electrons. The lowest BCUT2D eigenvalue weighted by Gasteiger charge is -2.19. The molecule has 2 aromatic carbocycles. The molecule has 3 heterocycles. The third-order valence-electron chi connectivity index (χ3n) is 5.11. The molecule has 0 aliphatic rings. The largest absolute Gasteiger partial charge is 0.468 e. The fourth-order valence-electron chi connectivity index (χ4n) is 3.58. The van der Waals surface area contributed by atoms with Crippen LogP contribution in [0, 0.1) is 0 Å². The number of benzene rings is 2. The predicted octanol–water partition coefficient (Wildman–Crippen LogP) is 4.87. The summed E-state index contributed by atoms with van der Waals surface area (Å²) >= 11 is 0. The number of hydrogen-bond acceptors (Lipinski definition) is 5. The van der Waals surface area contributed by atoms with Crippen LogP contribution in [-0.2, 0) is 0 Å². The highest BCUT2D eigenvalue weighted by molar-refractivity contribution is 5.82. The highest BCUT2D eigenvalue weighted by atomic mass is 16.5. The molecule has 6 nitrogen and oxygen atoms in total. The lowest BCUT2D eigenvalue weighted by atomic mass is 10.1. The van der Waals surface area contributed by atoms with Crippen LogP contribution in [0.3, 0.4) is 0 Å². The molecule has 3 aromatic heterocycles. The zero-order chi connectivity index (χ0) is 20.3. The van der Waals surface area contributed by atoms with Crippen LogP contribution in [0.5, 0.6) is 5.88 Å². The van der Waals surface area contributed by atoms with Crippen LogP contribution in [0.25, 0.3) is 28.1 Å². The van der Waals surface area contributed by atoms with E-state index in [-0.39, 0.29) is 6.10 Å². The van der Waals surface area contributed by atoms with Crippen LogP contribution in [0.15, 0.2) is 83.4 Å². The summed E-state index contributed by atoms with van der Waals surface area (Å²) in [4.78, 5) is 4.47. The van der Waals surface area contributed by atoms with Gasteiger partial charge in [0.1, 0.15) is 17.4 Å². The highest BCUT2D eigenvalue weighted by Gasteiger charge is 2.16. The van der Waals surface area contributed by atoms with Gasteiger partial charge in [0.25, 0.3) is 0 Å². The van der Waals surface area contributed by atoms with E-state index in [0.717, 1.165) is 46.6 Å². The van der Waals surface area contributed by atoms with Crippen molar-refractivity contribution in [3.8, 4) is 17.3 Å². The van der Waals surface area contributed by atoms with Crippen molar-refractivity contribution >= 4 is 16.6 Å². The Morgan fingerprint density at radius 3 is 2.70 bits per heavy atom. The summed E-state index contributed by atoms with van der Waals surface area (Å²) in [6.45, 7) is 0.844. The first-order valence-corrected chi connectivity index (χ1v) is 10.0. The molecule has 1 N–H and O–H groups in total. The molecule has 0 radical (unpaired) electrons. The highest BCUT2D eigenvalue weighted by Crippen LogP contribution is 2.29. The van der Waals surface area contributed by atoms with Gasteiger partial charge in [-0.15, -0.1) is 5.10 Å². The van der Waals surface area contributed by atoms with Crippen molar-refractivity contribution in [3.63, 3.8) is 0 Å². The Labute approximate surface area is 174 Å². The van der Waals surface area contributed by atoms with E-state index in [1.54, 1.807) is 10.7 Å². The normalized spacial score (nSPS) is 12.4. The van der Waals surface area contributed by atoms with Gasteiger partial charge in [0, 0.05) is 17.9 Å². The minimum Gasteiger partial charge on any atom is -0.468 e. The Balaban J connectivity index is 1.50. The Bertz CT molecular complexity index is 1240. The molecule has 0 aliphatic carbocycles. The second-order valence-corrected chi connectivity index (χ2v) is 7.14. The van der Waals surface area contributed by atoms with Gasteiger partial charge in [0.15, 0.2) is 11.4 Å². The lowest BCUT2D eigenvalue weighted by molar-refractivity contribution is 0.184. The van der Waals surface area contributed by atoms with Crippen LogP contribution in [0.1, 0.15) is 18.1 Å². The van der Waals surface area contributed by atoms with Crippen LogP contribution >= 0.6 is 0 Å². The maximum atomic E-state index is 6.30. The van der Waals surface area contributed by atoms with Crippen LogP contribution in [-0.4, -0.2) is 28.2 Å². The van der Waals surface area contributed by atoms with Gasteiger partial charge in [0.2, 0.25) is 5.88 Å². The number of furan rings is 1. The van der Waals surface area contributed by atoms with Crippen molar-refractivity contribution in [2.75, 3.05) is 13.6 Å². The van der Waals surface area contributed by atoms with Crippen molar-refractivity contribution < 1.29 is 9.15 Å². The molecule has 0 saturated carbocycles. The summed E-state index contributed by atoms with van der Waals surface area (Å²) in [5, 5.41) is 8.95. The summed E-state index contributed by atoms with van der Waals surface area (Å²) in [6, 6.07) is 23.9. The third kappa shape index (κ3) is 3.53. The van der Waals surface area contributed by atoms with E-state index in [4.69, 9.17) is 14.3 Å². The molecular formula is C24H22N4O2. The summed E-state index contributed by atoms with van der Waals surface area (Å²) < 4.78 is 14.1. The number of nitrogens with one attached hydrogen (secondary N) is 1. The van der Waals surface area contributed by atoms with Gasteiger partial charge in [-0.05, 0) is 37.4 Å². The average molecular weight is 398 g/mol. The zero-order valence-corrected chi connectivity index (χ0v) is 16.7. The number of aromatic nitrogens is 3. The van der Waals surface area contributed by atoms with Crippen molar-refractivity contribution in [2.24, 2.45) is 0 Å². The summed E-state index contributed by atoms with van der Waals surface area (Å²) in [6.07, 6.45) is 2.52. The molecule has 1 atom stereocenters. The number of nitrogens with zero attached hydrogens (tertiary/aromatic N) is 3. The number of ether oxygens (including phenoxy) is 1. The quantitative estimate of drug-likeness (QED) is 0.424. The summed E-state index contributed by atoms with van der Waals surface area (Å²) in [5.41, 5.74) is 3.49. The Kier molecular flexibility index (Phi) is 4.91. The number of fused-ring (bicyclic) bond motifs is 2. The van der Waals surface area contributed by atoms with Gasteiger partial charge in [0.05, 0.1) is 6.20 Å². The summed E-state index contributed by atoms with van der Waals surface area (Å²) in [5.74, 6) is 1.27. The smallest absolute Gasteiger partial charge is 0.232 e. The van der Waals surface area contributed by atoms with Crippen LogP contribution in [0.4, 0.5) is 0 Å². The number of rotatable bonds is 7. The van der Waals surface area contributed by atoms with Gasteiger partial charge in [-0.3, -0.25) is 0 Å². The van der Waals surface area contributed by atoms with Crippen LogP contribution < -0.4 is 10.1 Å².